The number of phosphoric acid groups is 2. The second-order valence-corrected chi connectivity index (χ2v) is 4.24. The van der Waals surface area contributed by atoms with Gasteiger partial charge < -0.3 is 24.1 Å². The molecule has 0 aromatic carbocycles. The van der Waals surface area contributed by atoms with Crippen LogP contribution in [0.15, 0.2) is 0 Å². The summed E-state index contributed by atoms with van der Waals surface area (Å²) in [4.78, 5) is 34.1. The Bertz CT molecular complexity index is 226. The van der Waals surface area contributed by atoms with Gasteiger partial charge in [-0.05, 0) is 0 Å². The van der Waals surface area contributed by atoms with Crippen LogP contribution in [0.1, 0.15) is 0 Å². The van der Waals surface area contributed by atoms with Crippen LogP contribution in [0.2, 0.25) is 0 Å². The summed E-state index contributed by atoms with van der Waals surface area (Å²) in [5.41, 5.74) is 0. The molecule has 0 fully saturated rings. The fourth-order valence-electron chi connectivity index (χ4n) is 0.130. The van der Waals surface area contributed by atoms with E-state index in [4.69, 9.17) is 23.1 Å². The molecular weight excluding hydrogens is 300 g/mol. The Labute approximate surface area is 131 Å². The van der Waals surface area contributed by atoms with E-state index in [1.54, 1.807) is 0 Å². The van der Waals surface area contributed by atoms with Crippen molar-refractivity contribution in [2.24, 2.45) is 0 Å². The van der Waals surface area contributed by atoms with Crippen molar-refractivity contribution in [3.63, 3.8) is 0 Å². The summed E-state index contributed by atoms with van der Waals surface area (Å²) in [7, 11) is -10.7. The molecule has 15 heteroatoms. The molecule has 0 radical (unpaired) electrons. The van der Waals surface area contributed by atoms with Crippen molar-refractivity contribution in [1.29, 1.82) is 0 Å². The monoisotopic (exact) mass is 304 g/mol. The molecule has 0 amide bonds. The van der Waals surface area contributed by atoms with Crippen LogP contribution in [0.25, 0.3) is 0 Å². The van der Waals surface area contributed by atoms with Gasteiger partial charge in [0.15, 0.2) is 0 Å². The predicted octanol–water partition coefficient (Wildman–Crippen LogP) is -8.39. The number of hydrogen-bond acceptors (Lipinski definition) is 6. The van der Waals surface area contributed by atoms with Gasteiger partial charge in [-0.1, -0.05) is 0 Å². The quantitative estimate of drug-likeness (QED) is 0.216. The van der Waals surface area contributed by atoms with Gasteiger partial charge in [0.05, 0.1) is 7.82 Å². The van der Waals surface area contributed by atoms with Gasteiger partial charge >= 0.3 is 66.9 Å². The maximum absolute atomic E-state index is 9.55. The van der Waals surface area contributed by atoms with Crippen molar-refractivity contribution in [1.82, 2.24) is 0 Å². The van der Waals surface area contributed by atoms with Crippen molar-refractivity contribution >= 4 is 27.0 Å². The molecule has 0 unspecified atom stereocenters. The van der Waals surface area contributed by atoms with Crippen LogP contribution >= 0.6 is 15.6 Å². The van der Waals surface area contributed by atoms with E-state index in [1.807, 2.05) is 0 Å². The molecule has 15 heavy (non-hydrogen) atoms. The topological polar surface area (TPSA) is 187 Å². The van der Waals surface area contributed by atoms with E-state index in [-0.39, 0.29) is 59.1 Å². The molecule has 0 aromatic rings. The van der Waals surface area contributed by atoms with Crippen LogP contribution in [0, 0.1) is 0 Å². The van der Waals surface area contributed by atoms with E-state index in [9.17, 15) is 18.9 Å². The third-order valence-electron chi connectivity index (χ3n) is 0.206. The van der Waals surface area contributed by atoms with Crippen LogP contribution in [-0.2, 0) is 24.8 Å². The summed E-state index contributed by atoms with van der Waals surface area (Å²) in [6, 6.07) is 0. The SMILES string of the molecule is O=P([O-])([O-])OP(=O)(O)O.O=S(O)O.[Na+].[Na+]. The van der Waals surface area contributed by atoms with Gasteiger partial charge in [0, 0.05) is 0 Å². The Kier molecular flexibility index (Phi) is 19.8. The molecule has 4 N–H and O–H groups in total. The number of rotatable bonds is 2. The second-order valence-electron chi connectivity index (χ2n) is 1.25. The molecule has 0 spiro atoms. The number of hydrogen-bond donors (Lipinski definition) is 4. The molecule has 0 aromatic heterocycles. The Balaban J connectivity index is -0.0000000883. The van der Waals surface area contributed by atoms with Crippen LogP contribution in [0.4, 0.5) is 0 Å². The largest absolute Gasteiger partial charge is 1.00 e. The van der Waals surface area contributed by atoms with E-state index in [0.717, 1.165) is 0 Å². The third kappa shape index (κ3) is 48.3. The normalized spacial score (nSPS) is 10.6. The molecule has 0 heterocycles. The summed E-state index contributed by atoms with van der Waals surface area (Å²) >= 11 is -2.61. The second kappa shape index (κ2) is 11.4. The molecule has 0 atom stereocenters. The summed E-state index contributed by atoms with van der Waals surface area (Å²) < 4.78 is 44.5. The Morgan fingerprint density at radius 3 is 1.27 bits per heavy atom. The first-order valence-electron chi connectivity index (χ1n) is 2.03. The van der Waals surface area contributed by atoms with Crippen LogP contribution in [0.3, 0.4) is 0 Å². The fraction of sp³-hybridized carbons (Fsp3) is 0. The summed E-state index contributed by atoms with van der Waals surface area (Å²) in [6.45, 7) is 0. The van der Waals surface area contributed by atoms with Crippen molar-refractivity contribution in [3.8, 4) is 0 Å². The van der Waals surface area contributed by atoms with E-state index in [1.165, 1.54) is 0 Å². The molecule has 0 rings (SSSR count). The van der Waals surface area contributed by atoms with Crippen LogP contribution in [-0.4, -0.2) is 23.1 Å². The summed E-state index contributed by atoms with van der Waals surface area (Å²) in [6.07, 6.45) is 0. The summed E-state index contributed by atoms with van der Waals surface area (Å²) in [5.74, 6) is 0. The molecule has 0 aliphatic heterocycles. The zero-order chi connectivity index (χ0) is 11.3. The van der Waals surface area contributed by atoms with E-state index in [2.05, 4.69) is 4.31 Å². The fourth-order valence-corrected chi connectivity index (χ4v) is 1.17. The van der Waals surface area contributed by atoms with Crippen molar-refractivity contribution in [2.45, 2.75) is 0 Å². The average molecular weight is 304 g/mol. The molecule has 0 saturated carbocycles. The van der Waals surface area contributed by atoms with Crippen molar-refractivity contribution in [2.75, 3.05) is 0 Å². The van der Waals surface area contributed by atoms with Crippen molar-refractivity contribution in [3.05, 3.63) is 0 Å². The first kappa shape index (κ1) is 26.0. The maximum Gasteiger partial charge on any atom is 1.00 e. The zero-order valence-corrected chi connectivity index (χ0v) is 14.1. The minimum atomic E-state index is -5.55. The van der Waals surface area contributed by atoms with E-state index >= 15 is 0 Å². The standard InChI is InChI=1S/2Na.H4O7P2.H2O3S/c;;1-8(2,3)7-9(4,5)6;1-4(2)3/h;;(H2,1,2,3)(H2,4,5,6);(H2,1,2,3)/q2*+1;;/p-2. The van der Waals surface area contributed by atoms with Gasteiger partial charge in [-0.15, -0.1) is 0 Å². The van der Waals surface area contributed by atoms with Gasteiger partial charge in [-0.2, -0.15) is 4.21 Å². The van der Waals surface area contributed by atoms with Crippen LogP contribution in [0.5, 0.6) is 0 Å². The first-order chi connectivity index (χ1) is 5.44. The minimum absolute atomic E-state index is 0. The van der Waals surface area contributed by atoms with Crippen molar-refractivity contribution < 1.29 is 105 Å². The smallest absolute Gasteiger partial charge is 0.789 e. The molecule has 0 bridgehead atoms. The van der Waals surface area contributed by atoms with Gasteiger partial charge in [-0.25, -0.2) is 4.57 Å². The van der Waals surface area contributed by atoms with Crippen LogP contribution < -0.4 is 68.9 Å². The van der Waals surface area contributed by atoms with E-state index in [0.29, 0.717) is 0 Å². The minimum Gasteiger partial charge on any atom is -0.789 e. The molecule has 0 saturated heterocycles. The Morgan fingerprint density at radius 2 is 1.27 bits per heavy atom. The average Bonchev–Trinajstić information content (AvgIpc) is 1.47. The third-order valence-corrected chi connectivity index (χ3v) is 1.86. The molecule has 82 valence electrons. The molecule has 0 aliphatic rings. The molecular formula is H4Na2O10P2S. The Hall–Kier alpha value is 2.33. The molecule has 10 nitrogen and oxygen atoms in total. The van der Waals surface area contributed by atoms with Gasteiger partial charge in [0.25, 0.3) is 11.4 Å². The predicted molar refractivity (Wildman–Crippen MR) is 34.1 cm³/mol. The zero-order valence-electron chi connectivity index (χ0n) is 7.54. The van der Waals surface area contributed by atoms with Gasteiger partial charge in [-0.3, -0.25) is 13.4 Å². The molecule has 0 aliphatic carbocycles. The van der Waals surface area contributed by atoms with Gasteiger partial charge in [0.2, 0.25) is 0 Å². The van der Waals surface area contributed by atoms with E-state index < -0.39 is 27.0 Å². The van der Waals surface area contributed by atoms with Gasteiger partial charge in [0.1, 0.15) is 0 Å². The maximum atomic E-state index is 9.55. The first-order valence-corrected chi connectivity index (χ1v) is 6.08. The Morgan fingerprint density at radius 1 is 1.07 bits per heavy atom. The summed E-state index contributed by atoms with van der Waals surface area (Å²) in [5, 5.41) is 0.